The molecule has 0 unspecified atom stereocenters. The van der Waals surface area contributed by atoms with Gasteiger partial charge in [-0.25, -0.2) is 13.1 Å². The molecule has 1 aromatic carbocycles. The molecule has 1 saturated carbocycles. The van der Waals surface area contributed by atoms with E-state index in [0.717, 1.165) is 6.42 Å². The van der Waals surface area contributed by atoms with Crippen LogP contribution in [0.3, 0.4) is 0 Å². The van der Waals surface area contributed by atoms with Gasteiger partial charge in [0, 0.05) is 16.6 Å². The monoisotopic (exact) mass is 363 g/mol. The first-order chi connectivity index (χ1) is 10.5. The Kier molecular flexibility index (Phi) is 7.00. The van der Waals surface area contributed by atoms with Crippen molar-refractivity contribution >= 4 is 33.2 Å². The summed E-state index contributed by atoms with van der Waals surface area (Å²) in [6.07, 6.45) is 8.56. The lowest BCUT2D eigenvalue weighted by atomic mass is 9.97. The molecule has 22 heavy (non-hydrogen) atoms. The summed E-state index contributed by atoms with van der Waals surface area (Å²) in [6, 6.07) is 4.89. The zero-order valence-corrected chi connectivity index (χ0v) is 15.0. The van der Waals surface area contributed by atoms with Gasteiger partial charge in [0.15, 0.2) is 0 Å². The molecule has 0 saturated heterocycles. The standard InChI is InChI=1S/C16H23Cl2NO2S/c17-15-8-7-14(16(18)11-15)12-22(20,21)19-10-9-13-5-3-1-2-4-6-13/h7-8,11,13,19H,1-6,9-10,12H2. The quantitative estimate of drug-likeness (QED) is 0.739. The molecule has 0 atom stereocenters. The molecular formula is C16H23Cl2NO2S. The summed E-state index contributed by atoms with van der Waals surface area (Å²) >= 11 is 11.9. The summed E-state index contributed by atoms with van der Waals surface area (Å²) in [5.74, 6) is 0.553. The fourth-order valence-corrected chi connectivity index (χ4v) is 4.71. The molecule has 1 N–H and O–H groups in total. The Labute approximate surface area is 143 Å². The fourth-order valence-electron chi connectivity index (χ4n) is 2.97. The van der Waals surface area contributed by atoms with E-state index >= 15 is 0 Å². The number of benzene rings is 1. The van der Waals surface area contributed by atoms with Gasteiger partial charge < -0.3 is 0 Å². The highest BCUT2D eigenvalue weighted by Gasteiger charge is 2.16. The molecule has 1 aliphatic rings. The van der Waals surface area contributed by atoms with Gasteiger partial charge in [-0.1, -0.05) is 67.8 Å². The summed E-state index contributed by atoms with van der Waals surface area (Å²) in [5.41, 5.74) is 0.577. The van der Waals surface area contributed by atoms with E-state index < -0.39 is 10.0 Å². The molecule has 6 heteroatoms. The molecule has 1 aromatic rings. The number of rotatable bonds is 6. The highest BCUT2D eigenvalue weighted by molar-refractivity contribution is 7.88. The van der Waals surface area contributed by atoms with Crippen molar-refractivity contribution in [2.45, 2.75) is 50.7 Å². The second-order valence-corrected chi connectivity index (χ2v) is 8.69. The van der Waals surface area contributed by atoms with Gasteiger partial charge in [0.2, 0.25) is 10.0 Å². The topological polar surface area (TPSA) is 46.2 Å². The molecule has 2 rings (SSSR count). The maximum Gasteiger partial charge on any atom is 0.215 e. The minimum Gasteiger partial charge on any atom is -0.215 e. The molecule has 0 aromatic heterocycles. The third-order valence-electron chi connectivity index (χ3n) is 4.21. The molecule has 0 spiro atoms. The third kappa shape index (κ3) is 6.07. The first-order valence-electron chi connectivity index (χ1n) is 7.87. The minimum atomic E-state index is -3.36. The van der Waals surface area contributed by atoms with E-state index in [1.165, 1.54) is 38.5 Å². The summed E-state index contributed by atoms with van der Waals surface area (Å²) < 4.78 is 27.0. The molecule has 0 amide bonds. The molecule has 124 valence electrons. The lowest BCUT2D eigenvalue weighted by Crippen LogP contribution is -2.27. The Morgan fingerprint density at radius 1 is 1.09 bits per heavy atom. The molecule has 0 aliphatic heterocycles. The predicted molar refractivity (Wildman–Crippen MR) is 92.9 cm³/mol. The van der Waals surface area contributed by atoms with Crippen molar-refractivity contribution < 1.29 is 8.42 Å². The van der Waals surface area contributed by atoms with Crippen LogP contribution in [0.4, 0.5) is 0 Å². The van der Waals surface area contributed by atoms with E-state index in [9.17, 15) is 8.42 Å². The number of halogens is 2. The molecule has 3 nitrogen and oxygen atoms in total. The van der Waals surface area contributed by atoms with Gasteiger partial charge in [0.05, 0.1) is 5.75 Å². The molecule has 1 aliphatic carbocycles. The number of sulfonamides is 1. The van der Waals surface area contributed by atoms with Crippen molar-refractivity contribution in [2.24, 2.45) is 5.92 Å². The van der Waals surface area contributed by atoms with Crippen LogP contribution in [0.15, 0.2) is 18.2 Å². The smallest absolute Gasteiger partial charge is 0.215 e. The zero-order chi connectivity index (χ0) is 16.0. The zero-order valence-electron chi connectivity index (χ0n) is 12.7. The number of hydrogen-bond donors (Lipinski definition) is 1. The van der Waals surface area contributed by atoms with Crippen molar-refractivity contribution in [3.63, 3.8) is 0 Å². The van der Waals surface area contributed by atoms with Crippen molar-refractivity contribution in [3.05, 3.63) is 33.8 Å². The van der Waals surface area contributed by atoms with Crippen LogP contribution in [-0.4, -0.2) is 15.0 Å². The maximum absolute atomic E-state index is 12.1. The Morgan fingerprint density at radius 3 is 2.41 bits per heavy atom. The summed E-state index contributed by atoms with van der Waals surface area (Å²) in [7, 11) is -3.36. The Bertz CT molecular complexity index is 582. The van der Waals surface area contributed by atoms with Gasteiger partial charge in [-0.2, -0.15) is 0 Å². The second kappa shape index (κ2) is 8.53. The lowest BCUT2D eigenvalue weighted by molar-refractivity contribution is 0.427. The van der Waals surface area contributed by atoms with Crippen molar-refractivity contribution in [3.8, 4) is 0 Å². The Balaban J connectivity index is 1.83. The predicted octanol–water partition coefficient (Wildman–Crippen LogP) is 4.77. The van der Waals surface area contributed by atoms with Gasteiger partial charge in [-0.3, -0.25) is 0 Å². The van der Waals surface area contributed by atoms with Crippen molar-refractivity contribution in [2.75, 3.05) is 6.54 Å². The van der Waals surface area contributed by atoms with E-state index in [1.807, 2.05) is 0 Å². The average Bonchev–Trinajstić information content (AvgIpc) is 2.70. The first-order valence-corrected chi connectivity index (χ1v) is 10.3. The molecule has 0 heterocycles. The van der Waals surface area contributed by atoms with Crippen LogP contribution in [0.5, 0.6) is 0 Å². The highest BCUT2D eigenvalue weighted by atomic mass is 35.5. The van der Waals surface area contributed by atoms with Crippen molar-refractivity contribution in [1.29, 1.82) is 0 Å². The SMILES string of the molecule is O=S(=O)(Cc1ccc(Cl)cc1Cl)NCCC1CCCCCC1. The van der Waals surface area contributed by atoms with Crippen LogP contribution in [0.25, 0.3) is 0 Å². The summed E-state index contributed by atoms with van der Waals surface area (Å²) in [5, 5.41) is 0.897. The van der Waals surface area contributed by atoms with Gasteiger partial charge in [0.25, 0.3) is 0 Å². The van der Waals surface area contributed by atoms with Gasteiger partial charge in [-0.15, -0.1) is 0 Å². The molecule has 1 fully saturated rings. The maximum atomic E-state index is 12.1. The van der Waals surface area contributed by atoms with Gasteiger partial charge >= 0.3 is 0 Å². The summed E-state index contributed by atoms with van der Waals surface area (Å²) in [4.78, 5) is 0. The molecular weight excluding hydrogens is 341 g/mol. The van der Waals surface area contributed by atoms with E-state index in [-0.39, 0.29) is 5.75 Å². The van der Waals surface area contributed by atoms with Gasteiger partial charge in [0.1, 0.15) is 0 Å². The highest BCUT2D eigenvalue weighted by Crippen LogP contribution is 2.25. The fraction of sp³-hybridized carbons (Fsp3) is 0.625. The largest absolute Gasteiger partial charge is 0.215 e. The van der Waals surface area contributed by atoms with E-state index in [0.29, 0.717) is 28.1 Å². The van der Waals surface area contributed by atoms with Gasteiger partial charge in [-0.05, 0) is 30.0 Å². The first kappa shape index (κ1) is 18.1. The molecule has 0 bridgehead atoms. The lowest BCUT2D eigenvalue weighted by Gasteiger charge is -2.14. The van der Waals surface area contributed by atoms with Crippen LogP contribution in [-0.2, 0) is 15.8 Å². The normalized spacial score (nSPS) is 17.4. The van der Waals surface area contributed by atoms with Crippen LogP contribution < -0.4 is 4.72 Å². The second-order valence-electron chi connectivity index (χ2n) is 6.04. The van der Waals surface area contributed by atoms with E-state index in [1.54, 1.807) is 18.2 Å². The van der Waals surface area contributed by atoms with Crippen LogP contribution in [0.2, 0.25) is 10.0 Å². The minimum absolute atomic E-state index is 0.104. The van der Waals surface area contributed by atoms with E-state index in [2.05, 4.69) is 4.72 Å². The number of nitrogens with one attached hydrogen (secondary N) is 1. The Hall–Kier alpha value is -0.290. The van der Waals surface area contributed by atoms with Crippen LogP contribution >= 0.6 is 23.2 Å². The number of hydrogen-bond acceptors (Lipinski definition) is 2. The molecule has 0 radical (unpaired) electrons. The summed E-state index contributed by atoms with van der Waals surface area (Å²) in [6.45, 7) is 0.512. The average molecular weight is 364 g/mol. The van der Waals surface area contributed by atoms with E-state index in [4.69, 9.17) is 23.2 Å². The van der Waals surface area contributed by atoms with Crippen LogP contribution in [0, 0.1) is 5.92 Å². The van der Waals surface area contributed by atoms with Crippen LogP contribution in [0.1, 0.15) is 50.5 Å². The Morgan fingerprint density at radius 2 is 1.77 bits per heavy atom. The third-order valence-corrected chi connectivity index (χ3v) is 6.13. The van der Waals surface area contributed by atoms with Crippen molar-refractivity contribution in [1.82, 2.24) is 4.72 Å².